The van der Waals surface area contributed by atoms with Gasteiger partial charge in [0.25, 0.3) is 0 Å². The van der Waals surface area contributed by atoms with Crippen molar-refractivity contribution in [3.8, 4) is 11.5 Å². The summed E-state index contributed by atoms with van der Waals surface area (Å²) >= 11 is 5.54. The first-order valence-corrected chi connectivity index (χ1v) is 9.56. The Morgan fingerprint density at radius 3 is 2.76 bits per heavy atom. The van der Waals surface area contributed by atoms with E-state index >= 15 is 0 Å². The molecule has 0 aliphatic carbocycles. The van der Waals surface area contributed by atoms with Gasteiger partial charge in [0.2, 0.25) is 6.79 Å². The topological polar surface area (TPSA) is 42.6 Å². The van der Waals surface area contributed by atoms with E-state index in [2.05, 4.69) is 36.4 Å². The lowest BCUT2D eigenvalue weighted by Crippen LogP contribution is -3.13. The third-order valence-electron chi connectivity index (χ3n) is 4.78. The Balaban J connectivity index is 1.39. The molecule has 7 heteroatoms. The average Bonchev–Trinajstić information content (AvgIpc) is 3.07. The van der Waals surface area contributed by atoms with Gasteiger partial charge in [-0.1, -0.05) is 0 Å². The molecule has 2 heterocycles. The highest BCUT2D eigenvalue weighted by Gasteiger charge is 2.22. The number of hydrogen-bond donors (Lipinski definition) is 3. The van der Waals surface area contributed by atoms with Gasteiger partial charge in [0.1, 0.15) is 6.54 Å². The van der Waals surface area contributed by atoms with Crippen LogP contribution in [0.4, 0.5) is 0 Å². The molecule has 25 heavy (non-hydrogen) atoms. The Morgan fingerprint density at radius 2 is 2.00 bits per heavy atom. The summed E-state index contributed by atoms with van der Waals surface area (Å²) in [5.41, 5.74) is 1.31. The lowest BCUT2D eigenvalue weighted by molar-refractivity contribution is -0.917. The smallest absolute Gasteiger partial charge is 0.231 e. The minimum Gasteiger partial charge on any atom is -0.454 e. The zero-order chi connectivity index (χ0) is 17.6. The largest absolute Gasteiger partial charge is 0.454 e. The van der Waals surface area contributed by atoms with Crippen LogP contribution < -0.4 is 24.6 Å². The van der Waals surface area contributed by atoms with E-state index in [9.17, 15) is 0 Å². The summed E-state index contributed by atoms with van der Waals surface area (Å²) in [6.45, 7) is 7.75. The summed E-state index contributed by atoms with van der Waals surface area (Å²) in [5.74, 6) is 1.73. The van der Waals surface area contributed by atoms with E-state index in [1.165, 1.54) is 17.0 Å². The van der Waals surface area contributed by atoms with Gasteiger partial charge in [-0.05, 0) is 30.4 Å². The van der Waals surface area contributed by atoms with Gasteiger partial charge < -0.3 is 29.5 Å². The molecule has 2 aliphatic rings. The van der Waals surface area contributed by atoms with Gasteiger partial charge in [0.05, 0.1) is 46.8 Å². The maximum atomic E-state index is 5.54. The monoisotopic (exact) mass is 366 g/mol. The predicted octanol–water partition coefficient (Wildman–Crippen LogP) is -1.48. The van der Waals surface area contributed by atoms with Crippen molar-refractivity contribution in [2.75, 3.05) is 60.2 Å². The number of ether oxygens (including phenoxy) is 2. The maximum Gasteiger partial charge on any atom is 0.231 e. The lowest BCUT2D eigenvalue weighted by Gasteiger charge is -2.34. The molecule has 0 unspecified atom stereocenters. The number of nitrogens with one attached hydrogen (secondary N) is 3. The summed E-state index contributed by atoms with van der Waals surface area (Å²) in [7, 11) is 4.36. The van der Waals surface area contributed by atoms with Gasteiger partial charge in [0.15, 0.2) is 16.6 Å². The molecular formula is C18H30N4O2S+2. The van der Waals surface area contributed by atoms with Gasteiger partial charge in [-0.3, -0.25) is 0 Å². The Bertz CT molecular complexity index is 588. The summed E-state index contributed by atoms with van der Waals surface area (Å²) in [5, 5.41) is 4.32. The molecule has 0 aromatic heterocycles. The number of piperazine rings is 1. The third-order valence-corrected chi connectivity index (χ3v) is 5.18. The molecule has 0 saturated carbocycles. The summed E-state index contributed by atoms with van der Waals surface area (Å²) < 4.78 is 10.9. The standard InChI is InChI=1S/C18H28N4O2S/c1-20(2)7-3-6-19-18(25)22-10-8-21(9-11-22)13-15-4-5-16-17(12-15)24-14-23-16/h4-5,12H,3,6-11,13-14H2,1-2H3,(H,19,25)/p+2. The maximum absolute atomic E-state index is 5.54. The summed E-state index contributed by atoms with van der Waals surface area (Å²) in [6, 6.07) is 6.27. The first-order chi connectivity index (χ1) is 12.1. The third kappa shape index (κ3) is 5.20. The molecular weight excluding hydrogens is 336 g/mol. The zero-order valence-electron chi connectivity index (χ0n) is 15.3. The van der Waals surface area contributed by atoms with Gasteiger partial charge in [0, 0.05) is 18.5 Å². The van der Waals surface area contributed by atoms with Crippen LogP contribution in [0, 0.1) is 0 Å². The van der Waals surface area contributed by atoms with Crippen LogP contribution in [0.2, 0.25) is 0 Å². The van der Waals surface area contributed by atoms with E-state index in [1.807, 2.05) is 6.07 Å². The van der Waals surface area contributed by atoms with Gasteiger partial charge >= 0.3 is 0 Å². The van der Waals surface area contributed by atoms with E-state index in [1.54, 1.807) is 4.90 Å². The highest BCUT2D eigenvalue weighted by molar-refractivity contribution is 7.80. The molecule has 6 nitrogen and oxygen atoms in total. The Kier molecular flexibility index (Phi) is 6.34. The summed E-state index contributed by atoms with van der Waals surface area (Å²) in [6.07, 6.45) is 1.15. The molecule has 1 saturated heterocycles. The van der Waals surface area contributed by atoms with Crippen LogP contribution in [0.25, 0.3) is 0 Å². The van der Waals surface area contributed by atoms with Crippen LogP contribution in [-0.2, 0) is 6.54 Å². The van der Waals surface area contributed by atoms with Crippen molar-refractivity contribution in [3.05, 3.63) is 23.8 Å². The van der Waals surface area contributed by atoms with Crippen molar-refractivity contribution in [2.45, 2.75) is 13.0 Å². The van der Waals surface area contributed by atoms with E-state index in [0.29, 0.717) is 6.79 Å². The fourth-order valence-electron chi connectivity index (χ4n) is 3.29. The predicted molar refractivity (Wildman–Crippen MR) is 101 cm³/mol. The second-order valence-corrected chi connectivity index (χ2v) is 7.53. The highest BCUT2D eigenvalue weighted by atomic mass is 32.1. The van der Waals surface area contributed by atoms with Crippen LogP contribution in [0.15, 0.2) is 18.2 Å². The second kappa shape index (κ2) is 8.69. The molecule has 1 fully saturated rings. The van der Waals surface area contributed by atoms with E-state index in [4.69, 9.17) is 21.7 Å². The van der Waals surface area contributed by atoms with Crippen molar-refractivity contribution in [2.24, 2.45) is 0 Å². The molecule has 1 aromatic rings. The lowest BCUT2D eigenvalue weighted by atomic mass is 10.1. The van der Waals surface area contributed by atoms with Crippen molar-refractivity contribution in [1.82, 2.24) is 10.2 Å². The van der Waals surface area contributed by atoms with Crippen LogP contribution in [-0.4, -0.2) is 70.2 Å². The van der Waals surface area contributed by atoms with Crippen molar-refractivity contribution in [3.63, 3.8) is 0 Å². The Morgan fingerprint density at radius 1 is 1.24 bits per heavy atom. The number of quaternary nitrogens is 2. The number of benzene rings is 1. The summed E-state index contributed by atoms with van der Waals surface area (Å²) in [4.78, 5) is 5.38. The number of hydrogen-bond acceptors (Lipinski definition) is 3. The normalized spacial score (nSPS) is 17.2. The Labute approximate surface area is 155 Å². The quantitative estimate of drug-likeness (QED) is 0.424. The minimum atomic E-state index is 0.338. The molecule has 138 valence electrons. The van der Waals surface area contributed by atoms with Crippen LogP contribution in [0.3, 0.4) is 0 Å². The van der Waals surface area contributed by atoms with Crippen molar-refractivity contribution in [1.29, 1.82) is 0 Å². The van der Waals surface area contributed by atoms with Crippen LogP contribution in [0.1, 0.15) is 12.0 Å². The van der Waals surface area contributed by atoms with Gasteiger partial charge in [-0.2, -0.15) is 0 Å². The molecule has 0 radical (unpaired) electrons. The molecule has 0 atom stereocenters. The van der Waals surface area contributed by atoms with Crippen molar-refractivity contribution >= 4 is 17.3 Å². The van der Waals surface area contributed by atoms with Crippen LogP contribution in [0.5, 0.6) is 11.5 Å². The molecule has 0 amide bonds. The average molecular weight is 367 g/mol. The van der Waals surface area contributed by atoms with Gasteiger partial charge in [-0.15, -0.1) is 0 Å². The number of rotatable bonds is 6. The SMILES string of the molecule is C[NH+](C)CCCNC(=S)N1CC[NH+](Cc2ccc3c(c2)OCO3)CC1. The van der Waals surface area contributed by atoms with E-state index < -0.39 is 0 Å². The second-order valence-electron chi connectivity index (χ2n) is 7.14. The van der Waals surface area contributed by atoms with E-state index in [0.717, 1.165) is 62.3 Å². The fourth-order valence-corrected chi connectivity index (χ4v) is 3.58. The molecule has 3 rings (SSSR count). The Hall–Kier alpha value is -1.57. The molecule has 3 N–H and O–H groups in total. The first kappa shape index (κ1) is 18.2. The fraction of sp³-hybridized carbons (Fsp3) is 0.611. The van der Waals surface area contributed by atoms with Gasteiger partial charge in [-0.25, -0.2) is 0 Å². The minimum absolute atomic E-state index is 0.338. The molecule has 2 aliphatic heterocycles. The number of thiocarbonyl (C=S) groups is 1. The van der Waals surface area contributed by atoms with Crippen LogP contribution >= 0.6 is 12.2 Å². The number of nitrogens with zero attached hydrogens (tertiary/aromatic N) is 1. The first-order valence-electron chi connectivity index (χ1n) is 9.16. The molecule has 1 aromatic carbocycles. The highest BCUT2D eigenvalue weighted by Crippen LogP contribution is 2.32. The number of fused-ring (bicyclic) bond motifs is 1. The molecule has 0 bridgehead atoms. The van der Waals surface area contributed by atoms with E-state index in [-0.39, 0.29) is 0 Å². The van der Waals surface area contributed by atoms with Crippen molar-refractivity contribution < 1.29 is 19.3 Å². The molecule has 0 spiro atoms. The zero-order valence-corrected chi connectivity index (χ0v) is 16.1.